The van der Waals surface area contributed by atoms with E-state index in [0.29, 0.717) is 17.6 Å². The number of nitrogens with one attached hydrogen (secondary N) is 1. The fourth-order valence-electron chi connectivity index (χ4n) is 3.35. The molecule has 1 aromatic rings. The van der Waals surface area contributed by atoms with Crippen molar-refractivity contribution in [2.45, 2.75) is 51.7 Å². The summed E-state index contributed by atoms with van der Waals surface area (Å²) in [6, 6.07) is 2.54. The Morgan fingerprint density at radius 1 is 1.44 bits per heavy atom. The lowest BCUT2D eigenvalue weighted by atomic mass is 9.51. The fourth-order valence-corrected chi connectivity index (χ4v) is 3.35. The molecule has 98 valence electrons. The smallest absolute Gasteiger partial charge is 0.129 e. The molecule has 1 aromatic heterocycles. The number of aryl methyl sites for hydroxylation is 1. The molecule has 3 rings (SSSR count). The predicted octanol–water partition coefficient (Wildman–Crippen LogP) is 2.54. The molecule has 0 amide bonds. The van der Waals surface area contributed by atoms with Crippen molar-refractivity contribution in [3.05, 3.63) is 18.1 Å². The van der Waals surface area contributed by atoms with E-state index >= 15 is 0 Å². The summed E-state index contributed by atoms with van der Waals surface area (Å²) in [5, 5.41) is 3.57. The monoisotopic (exact) mass is 247 g/mol. The molecule has 0 aliphatic heterocycles. The van der Waals surface area contributed by atoms with Gasteiger partial charge in [-0.05, 0) is 33.1 Å². The van der Waals surface area contributed by atoms with Gasteiger partial charge in [0, 0.05) is 29.8 Å². The molecule has 0 aromatic carbocycles. The van der Waals surface area contributed by atoms with Crippen molar-refractivity contribution < 1.29 is 4.74 Å². The molecule has 2 unspecified atom stereocenters. The lowest BCUT2D eigenvalue weighted by Crippen LogP contribution is -2.64. The first kappa shape index (κ1) is 11.9. The molecule has 1 heterocycles. The molecule has 0 radical (unpaired) electrons. The van der Waals surface area contributed by atoms with Crippen LogP contribution in [0.25, 0.3) is 0 Å². The minimum atomic E-state index is 0.384. The summed E-state index contributed by atoms with van der Waals surface area (Å²) in [6.07, 6.45) is 7.11. The van der Waals surface area contributed by atoms with Crippen molar-refractivity contribution in [2.24, 2.45) is 5.41 Å². The molecule has 4 heteroatoms. The standard InChI is InChI=1S/C14H21N3O/c1-3-18-12-8-11(14(12)5-4-6-14)17-13-7-10(2)15-9-16-13/h7,9,11-12H,3-6,8H2,1-2H3,(H,15,16,17). The lowest BCUT2D eigenvalue weighted by Gasteiger charge is -2.61. The van der Waals surface area contributed by atoms with Crippen LogP contribution < -0.4 is 5.32 Å². The van der Waals surface area contributed by atoms with Gasteiger partial charge in [0.1, 0.15) is 12.1 Å². The third-order valence-electron chi connectivity index (χ3n) is 4.56. The van der Waals surface area contributed by atoms with E-state index in [1.807, 2.05) is 13.0 Å². The van der Waals surface area contributed by atoms with Gasteiger partial charge in [0.25, 0.3) is 0 Å². The van der Waals surface area contributed by atoms with Crippen molar-refractivity contribution in [1.29, 1.82) is 0 Å². The van der Waals surface area contributed by atoms with Crippen molar-refractivity contribution in [2.75, 3.05) is 11.9 Å². The average molecular weight is 247 g/mol. The zero-order valence-electron chi connectivity index (χ0n) is 11.1. The quantitative estimate of drug-likeness (QED) is 0.888. The number of anilines is 1. The van der Waals surface area contributed by atoms with Crippen LogP contribution in [0.5, 0.6) is 0 Å². The number of hydrogen-bond acceptors (Lipinski definition) is 4. The van der Waals surface area contributed by atoms with Gasteiger partial charge in [-0.15, -0.1) is 0 Å². The minimum absolute atomic E-state index is 0.384. The Labute approximate surface area is 108 Å². The van der Waals surface area contributed by atoms with Gasteiger partial charge < -0.3 is 10.1 Å². The number of aromatic nitrogens is 2. The first-order valence-corrected chi connectivity index (χ1v) is 6.91. The van der Waals surface area contributed by atoms with Gasteiger partial charge in [-0.25, -0.2) is 9.97 Å². The van der Waals surface area contributed by atoms with Crippen LogP contribution in [0.3, 0.4) is 0 Å². The molecule has 0 saturated heterocycles. The third kappa shape index (κ3) is 1.79. The Morgan fingerprint density at radius 3 is 2.89 bits per heavy atom. The molecule has 2 saturated carbocycles. The Bertz CT molecular complexity index is 431. The van der Waals surface area contributed by atoms with Crippen LogP contribution in [0.15, 0.2) is 12.4 Å². The van der Waals surface area contributed by atoms with Crippen molar-refractivity contribution in [3.8, 4) is 0 Å². The second kappa shape index (κ2) is 4.50. The topological polar surface area (TPSA) is 47.0 Å². The SMILES string of the molecule is CCOC1CC(Nc2cc(C)ncn2)C12CCC2. The summed E-state index contributed by atoms with van der Waals surface area (Å²) in [7, 11) is 0. The lowest BCUT2D eigenvalue weighted by molar-refractivity contribution is -0.157. The fraction of sp³-hybridized carbons (Fsp3) is 0.714. The summed E-state index contributed by atoms with van der Waals surface area (Å²) in [5.41, 5.74) is 1.39. The van der Waals surface area contributed by atoms with Crippen molar-refractivity contribution >= 4 is 5.82 Å². The molecule has 1 N–H and O–H groups in total. The van der Waals surface area contributed by atoms with E-state index in [1.54, 1.807) is 6.33 Å². The third-order valence-corrected chi connectivity index (χ3v) is 4.56. The van der Waals surface area contributed by atoms with Crippen molar-refractivity contribution in [1.82, 2.24) is 9.97 Å². The van der Waals surface area contributed by atoms with Gasteiger partial charge in [-0.3, -0.25) is 0 Å². The molecule has 2 atom stereocenters. The van der Waals surface area contributed by atoms with Crippen LogP contribution in [0.4, 0.5) is 5.82 Å². The second-order valence-corrected chi connectivity index (χ2v) is 5.51. The molecular weight excluding hydrogens is 226 g/mol. The average Bonchev–Trinajstić information content (AvgIpc) is 2.25. The minimum Gasteiger partial charge on any atom is -0.378 e. The molecular formula is C14H21N3O. The van der Waals surface area contributed by atoms with Gasteiger partial charge in [0.2, 0.25) is 0 Å². The second-order valence-electron chi connectivity index (χ2n) is 5.51. The normalized spacial score (nSPS) is 28.6. The van der Waals surface area contributed by atoms with E-state index in [2.05, 4.69) is 22.2 Å². The number of hydrogen-bond donors (Lipinski definition) is 1. The molecule has 2 aliphatic carbocycles. The van der Waals surface area contributed by atoms with E-state index in [4.69, 9.17) is 4.74 Å². The molecule has 4 nitrogen and oxygen atoms in total. The summed E-state index contributed by atoms with van der Waals surface area (Å²) in [4.78, 5) is 8.42. The maximum absolute atomic E-state index is 5.85. The summed E-state index contributed by atoms with van der Waals surface area (Å²) in [5.74, 6) is 0.953. The molecule has 18 heavy (non-hydrogen) atoms. The van der Waals surface area contributed by atoms with E-state index in [1.165, 1.54) is 19.3 Å². The highest BCUT2D eigenvalue weighted by atomic mass is 16.5. The van der Waals surface area contributed by atoms with Gasteiger partial charge in [-0.2, -0.15) is 0 Å². The van der Waals surface area contributed by atoms with Crippen LogP contribution in [-0.4, -0.2) is 28.7 Å². The predicted molar refractivity (Wildman–Crippen MR) is 70.5 cm³/mol. The van der Waals surface area contributed by atoms with Crippen LogP contribution in [0, 0.1) is 12.3 Å². The summed E-state index contributed by atoms with van der Waals surface area (Å²) >= 11 is 0. The zero-order valence-corrected chi connectivity index (χ0v) is 11.1. The van der Waals surface area contributed by atoms with Crippen LogP contribution in [-0.2, 0) is 4.74 Å². The molecule has 2 fully saturated rings. The summed E-state index contributed by atoms with van der Waals surface area (Å²) in [6.45, 7) is 4.91. The number of nitrogens with zero attached hydrogens (tertiary/aromatic N) is 2. The molecule has 2 aliphatic rings. The van der Waals surface area contributed by atoms with E-state index in [9.17, 15) is 0 Å². The van der Waals surface area contributed by atoms with Crippen LogP contribution in [0.1, 0.15) is 38.3 Å². The van der Waals surface area contributed by atoms with E-state index < -0.39 is 0 Å². The van der Waals surface area contributed by atoms with Crippen LogP contribution in [0.2, 0.25) is 0 Å². The van der Waals surface area contributed by atoms with E-state index in [-0.39, 0.29) is 0 Å². The number of ether oxygens (including phenoxy) is 1. The number of rotatable bonds is 4. The highest BCUT2D eigenvalue weighted by Crippen LogP contribution is 2.57. The first-order valence-electron chi connectivity index (χ1n) is 6.91. The van der Waals surface area contributed by atoms with Gasteiger partial charge in [-0.1, -0.05) is 6.42 Å². The first-order chi connectivity index (χ1) is 8.74. The van der Waals surface area contributed by atoms with Crippen molar-refractivity contribution in [3.63, 3.8) is 0 Å². The zero-order chi connectivity index (χ0) is 12.6. The summed E-state index contributed by atoms with van der Waals surface area (Å²) < 4.78 is 5.85. The Hall–Kier alpha value is -1.16. The van der Waals surface area contributed by atoms with Gasteiger partial charge in [0.15, 0.2) is 0 Å². The molecule has 1 spiro atoms. The highest BCUT2D eigenvalue weighted by Gasteiger charge is 2.58. The largest absolute Gasteiger partial charge is 0.378 e. The van der Waals surface area contributed by atoms with E-state index in [0.717, 1.165) is 24.5 Å². The Morgan fingerprint density at radius 2 is 2.28 bits per heavy atom. The van der Waals surface area contributed by atoms with Crippen LogP contribution >= 0.6 is 0 Å². The maximum atomic E-state index is 5.85. The Balaban J connectivity index is 1.68. The molecule has 0 bridgehead atoms. The Kier molecular flexibility index (Phi) is 2.98. The van der Waals surface area contributed by atoms with Gasteiger partial charge in [0.05, 0.1) is 6.10 Å². The maximum Gasteiger partial charge on any atom is 0.129 e. The van der Waals surface area contributed by atoms with Gasteiger partial charge >= 0.3 is 0 Å². The highest BCUT2D eigenvalue weighted by molar-refractivity contribution is 5.38.